The number of hydrogen-bond donors (Lipinski definition) is 0. The van der Waals surface area contributed by atoms with Crippen molar-refractivity contribution in [1.82, 2.24) is 0 Å². The molecule has 0 aliphatic rings. The van der Waals surface area contributed by atoms with E-state index in [1.54, 1.807) is 0 Å². The fraction of sp³-hybridized carbons (Fsp3) is 0.583. The van der Waals surface area contributed by atoms with E-state index in [2.05, 4.69) is 32.3 Å². The second-order valence-electron chi connectivity index (χ2n) is 3.68. The number of hydrogen-bond acceptors (Lipinski definition) is 1. The molecule has 0 aromatic rings. The molecule has 13 heavy (non-hydrogen) atoms. The first-order valence-electron chi connectivity index (χ1n) is 4.91. The maximum absolute atomic E-state index is 4.16. The van der Waals surface area contributed by atoms with Crippen LogP contribution in [0.1, 0.15) is 34.1 Å². The SMILES string of the molecule is C=CC(C)C/C(=C\N=CC)C(C)C. The zero-order valence-electron chi connectivity index (χ0n) is 9.25. The van der Waals surface area contributed by atoms with Crippen molar-refractivity contribution in [2.24, 2.45) is 16.8 Å². The summed E-state index contributed by atoms with van der Waals surface area (Å²) >= 11 is 0. The number of rotatable bonds is 5. The molecule has 0 bridgehead atoms. The van der Waals surface area contributed by atoms with Crippen LogP contribution >= 0.6 is 0 Å². The van der Waals surface area contributed by atoms with Crippen LogP contribution in [0.25, 0.3) is 0 Å². The van der Waals surface area contributed by atoms with E-state index in [0.29, 0.717) is 11.8 Å². The van der Waals surface area contributed by atoms with E-state index in [1.165, 1.54) is 5.57 Å². The van der Waals surface area contributed by atoms with E-state index in [1.807, 2.05) is 25.4 Å². The lowest BCUT2D eigenvalue weighted by Crippen LogP contribution is -1.99. The van der Waals surface area contributed by atoms with Crippen LogP contribution in [0.2, 0.25) is 0 Å². The Morgan fingerprint density at radius 1 is 1.38 bits per heavy atom. The van der Waals surface area contributed by atoms with Gasteiger partial charge in [-0.3, -0.25) is 4.99 Å². The normalized spacial score (nSPS) is 15.3. The molecular formula is C12H21N. The Morgan fingerprint density at radius 3 is 2.38 bits per heavy atom. The third-order valence-corrected chi connectivity index (χ3v) is 2.09. The van der Waals surface area contributed by atoms with Gasteiger partial charge >= 0.3 is 0 Å². The third-order valence-electron chi connectivity index (χ3n) is 2.09. The molecule has 74 valence electrons. The lowest BCUT2D eigenvalue weighted by Gasteiger charge is -2.12. The summed E-state index contributed by atoms with van der Waals surface area (Å²) in [6.45, 7) is 12.3. The largest absolute Gasteiger partial charge is 0.269 e. The van der Waals surface area contributed by atoms with E-state index in [9.17, 15) is 0 Å². The molecule has 1 nitrogen and oxygen atoms in total. The minimum atomic E-state index is 0.542. The molecular weight excluding hydrogens is 158 g/mol. The molecule has 0 aromatic carbocycles. The molecule has 1 atom stereocenters. The quantitative estimate of drug-likeness (QED) is 0.449. The summed E-state index contributed by atoms with van der Waals surface area (Å²) in [6, 6.07) is 0. The summed E-state index contributed by atoms with van der Waals surface area (Å²) in [7, 11) is 0. The van der Waals surface area contributed by atoms with Gasteiger partial charge in [0.05, 0.1) is 0 Å². The van der Waals surface area contributed by atoms with Crippen LogP contribution in [0.15, 0.2) is 29.4 Å². The van der Waals surface area contributed by atoms with Crippen LogP contribution in [0.5, 0.6) is 0 Å². The molecule has 0 rings (SSSR count). The number of aliphatic imine (C=N–C) groups is 1. The standard InChI is InChI=1S/C12H21N/c1-6-11(5)8-12(10(3)4)9-13-7-2/h6-7,9-11H,1,8H2,2-5H3/b12-9+,13-7?. The van der Waals surface area contributed by atoms with Crippen molar-refractivity contribution in [3.8, 4) is 0 Å². The number of nitrogens with zero attached hydrogens (tertiary/aromatic N) is 1. The van der Waals surface area contributed by atoms with E-state index in [4.69, 9.17) is 0 Å². The summed E-state index contributed by atoms with van der Waals surface area (Å²) in [4.78, 5) is 4.16. The summed E-state index contributed by atoms with van der Waals surface area (Å²) in [5, 5.41) is 0. The predicted octanol–water partition coefficient (Wildman–Crippen LogP) is 3.83. The van der Waals surface area contributed by atoms with Crippen LogP contribution in [0.3, 0.4) is 0 Å². The Hall–Kier alpha value is -0.850. The predicted molar refractivity (Wildman–Crippen MR) is 61.1 cm³/mol. The highest BCUT2D eigenvalue weighted by molar-refractivity contribution is 5.54. The van der Waals surface area contributed by atoms with Crippen molar-refractivity contribution in [3.63, 3.8) is 0 Å². The minimum Gasteiger partial charge on any atom is -0.269 e. The molecule has 0 radical (unpaired) electrons. The van der Waals surface area contributed by atoms with Crippen molar-refractivity contribution in [2.75, 3.05) is 0 Å². The Morgan fingerprint density at radius 2 is 2.00 bits per heavy atom. The molecule has 0 saturated heterocycles. The molecule has 0 aliphatic heterocycles. The Balaban J connectivity index is 4.34. The summed E-state index contributed by atoms with van der Waals surface area (Å²) in [5.41, 5.74) is 1.39. The molecule has 0 aliphatic carbocycles. The van der Waals surface area contributed by atoms with Gasteiger partial charge in [-0.25, -0.2) is 0 Å². The maximum Gasteiger partial charge on any atom is 0.0258 e. The first kappa shape index (κ1) is 12.2. The number of allylic oxidation sites excluding steroid dienone is 2. The van der Waals surface area contributed by atoms with Gasteiger partial charge in [-0.05, 0) is 30.8 Å². The van der Waals surface area contributed by atoms with Gasteiger partial charge in [-0.15, -0.1) is 6.58 Å². The lowest BCUT2D eigenvalue weighted by atomic mass is 9.94. The Kier molecular flexibility index (Phi) is 6.21. The fourth-order valence-corrected chi connectivity index (χ4v) is 1.06. The molecule has 0 amide bonds. The van der Waals surface area contributed by atoms with E-state index in [-0.39, 0.29) is 0 Å². The third kappa shape index (κ3) is 5.40. The Bertz CT molecular complexity index is 199. The molecule has 1 heteroatoms. The van der Waals surface area contributed by atoms with E-state index >= 15 is 0 Å². The molecule has 0 heterocycles. The van der Waals surface area contributed by atoms with Crippen LogP contribution in [0.4, 0.5) is 0 Å². The van der Waals surface area contributed by atoms with Crippen molar-refractivity contribution in [1.29, 1.82) is 0 Å². The average Bonchev–Trinajstić information content (AvgIpc) is 2.11. The van der Waals surface area contributed by atoms with Crippen LogP contribution in [0, 0.1) is 11.8 Å². The monoisotopic (exact) mass is 179 g/mol. The van der Waals surface area contributed by atoms with E-state index < -0.39 is 0 Å². The summed E-state index contributed by atoms with van der Waals surface area (Å²) in [5.74, 6) is 1.12. The molecule has 1 unspecified atom stereocenters. The van der Waals surface area contributed by atoms with Gasteiger partial charge in [-0.2, -0.15) is 0 Å². The first-order chi connectivity index (χ1) is 6.11. The topological polar surface area (TPSA) is 12.4 Å². The lowest BCUT2D eigenvalue weighted by molar-refractivity contribution is 0.630. The van der Waals surface area contributed by atoms with Gasteiger partial charge in [0.15, 0.2) is 0 Å². The average molecular weight is 179 g/mol. The first-order valence-corrected chi connectivity index (χ1v) is 4.91. The molecule has 0 saturated carbocycles. The molecule has 0 aromatic heterocycles. The highest BCUT2D eigenvalue weighted by Crippen LogP contribution is 2.19. The smallest absolute Gasteiger partial charge is 0.0258 e. The van der Waals surface area contributed by atoms with Gasteiger partial charge in [-0.1, -0.05) is 26.8 Å². The van der Waals surface area contributed by atoms with Gasteiger partial charge in [0.25, 0.3) is 0 Å². The van der Waals surface area contributed by atoms with Gasteiger partial charge in [0.1, 0.15) is 0 Å². The molecule has 0 N–H and O–H groups in total. The van der Waals surface area contributed by atoms with Crippen molar-refractivity contribution in [3.05, 3.63) is 24.4 Å². The van der Waals surface area contributed by atoms with Crippen molar-refractivity contribution < 1.29 is 0 Å². The summed E-state index contributed by atoms with van der Waals surface area (Å²) in [6.07, 6.45) is 6.86. The van der Waals surface area contributed by atoms with E-state index in [0.717, 1.165) is 6.42 Å². The zero-order chi connectivity index (χ0) is 10.3. The van der Waals surface area contributed by atoms with Gasteiger partial charge < -0.3 is 0 Å². The zero-order valence-corrected chi connectivity index (χ0v) is 9.25. The highest BCUT2D eigenvalue weighted by Gasteiger charge is 2.05. The molecule has 0 spiro atoms. The van der Waals surface area contributed by atoms with Gasteiger partial charge in [0.2, 0.25) is 0 Å². The van der Waals surface area contributed by atoms with Gasteiger partial charge in [0, 0.05) is 12.4 Å². The highest BCUT2D eigenvalue weighted by atomic mass is 14.7. The fourth-order valence-electron chi connectivity index (χ4n) is 1.06. The molecule has 0 fully saturated rings. The van der Waals surface area contributed by atoms with Crippen LogP contribution < -0.4 is 0 Å². The second-order valence-corrected chi connectivity index (χ2v) is 3.68. The summed E-state index contributed by atoms with van der Waals surface area (Å²) < 4.78 is 0. The van der Waals surface area contributed by atoms with Crippen molar-refractivity contribution in [2.45, 2.75) is 34.1 Å². The van der Waals surface area contributed by atoms with Crippen LogP contribution in [-0.4, -0.2) is 6.21 Å². The maximum atomic E-state index is 4.16. The minimum absolute atomic E-state index is 0.542. The van der Waals surface area contributed by atoms with Crippen molar-refractivity contribution >= 4 is 6.21 Å². The second kappa shape index (κ2) is 6.64. The Labute approximate surface area is 82.3 Å². The van der Waals surface area contributed by atoms with Crippen LogP contribution in [-0.2, 0) is 0 Å².